The van der Waals surface area contributed by atoms with Gasteiger partial charge in [-0.1, -0.05) is 11.2 Å². The number of aromatic nitrogens is 4. The van der Waals surface area contributed by atoms with Crippen LogP contribution in [0, 0.1) is 0 Å². The van der Waals surface area contributed by atoms with E-state index in [0.29, 0.717) is 17.7 Å². The molecule has 0 aromatic carbocycles. The summed E-state index contributed by atoms with van der Waals surface area (Å²) in [5.41, 5.74) is 3.06. The van der Waals surface area contributed by atoms with Crippen molar-refractivity contribution in [2.24, 2.45) is 0 Å². The van der Waals surface area contributed by atoms with Crippen molar-refractivity contribution in [2.45, 2.75) is 25.3 Å². The Balaban J connectivity index is 1.63. The summed E-state index contributed by atoms with van der Waals surface area (Å²) in [5, 5.41) is 7.27. The molecule has 1 aliphatic rings. The van der Waals surface area contributed by atoms with Crippen LogP contribution in [0.25, 0.3) is 22.8 Å². The zero-order valence-corrected chi connectivity index (χ0v) is 11.9. The molecule has 4 rings (SSSR count). The van der Waals surface area contributed by atoms with Gasteiger partial charge in [-0.15, -0.1) is 0 Å². The van der Waals surface area contributed by atoms with Crippen LogP contribution in [-0.2, 0) is 0 Å². The monoisotopic (exact) mass is 293 g/mol. The van der Waals surface area contributed by atoms with Gasteiger partial charge in [0, 0.05) is 18.3 Å². The molecular weight excluding hydrogens is 278 g/mol. The van der Waals surface area contributed by atoms with E-state index in [1.807, 2.05) is 24.3 Å². The Morgan fingerprint density at radius 1 is 0.955 bits per heavy atom. The van der Waals surface area contributed by atoms with Gasteiger partial charge in [0.2, 0.25) is 5.95 Å². The van der Waals surface area contributed by atoms with Crippen molar-refractivity contribution in [1.82, 2.24) is 20.1 Å². The van der Waals surface area contributed by atoms with Gasteiger partial charge >= 0.3 is 0 Å². The van der Waals surface area contributed by atoms with Crippen LogP contribution in [0.5, 0.6) is 0 Å². The predicted octanol–water partition coefficient (Wildman–Crippen LogP) is 3.16. The lowest BCUT2D eigenvalue weighted by Crippen LogP contribution is -2.28. The molecule has 0 saturated heterocycles. The van der Waals surface area contributed by atoms with Crippen LogP contribution in [0.4, 0.5) is 5.95 Å². The number of nitrogens with one attached hydrogen (secondary N) is 1. The van der Waals surface area contributed by atoms with Crippen LogP contribution in [0.2, 0.25) is 0 Å². The molecule has 1 saturated carbocycles. The molecule has 3 heterocycles. The molecule has 22 heavy (non-hydrogen) atoms. The number of nitrogens with zero attached hydrogens (tertiary/aromatic N) is 4. The first-order valence-electron chi connectivity index (χ1n) is 7.36. The van der Waals surface area contributed by atoms with E-state index < -0.39 is 0 Å². The molecule has 0 bridgehead atoms. The van der Waals surface area contributed by atoms with Gasteiger partial charge in [-0.25, -0.2) is 15.0 Å². The van der Waals surface area contributed by atoms with E-state index in [1.54, 1.807) is 12.3 Å². The topological polar surface area (TPSA) is 76.7 Å². The molecule has 1 fully saturated rings. The Morgan fingerprint density at radius 3 is 2.50 bits per heavy atom. The van der Waals surface area contributed by atoms with Crippen LogP contribution >= 0.6 is 0 Å². The summed E-state index contributed by atoms with van der Waals surface area (Å²) in [6.45, 7) is 0. The molecule has 1 N–H and O–H groups in total. The molecule has 0 atom stereocenters. The maximum atomic E-state index is 4.87. The standard InChI is InChI=1S/C16H15N5O/c1-3-11(4-1)18-16-17-9-7-14(20-16)12-5-2-6-13(19-12)15-8-10-22-21-15/h2,5-11H,1,3-4H2,(H,17,18,20). The first kappa shape index (κ1) is 12.9. The number of hydrogen-bond donors (Lipinski definition) is 1. The molecule has 0 radical (unpaired) electrons. The minimum absolute atomic E-state index is 0.504. The van der Waals surface area contributed by atoms with Gasteiger partial charge in [0.1, 0.15) is 12.0 Å². The predicted molar refractivity (Wildman–Crippen MR) is 82.0 cm³/mol. The Labute approximate surface area is 127 Å². The molecule has 6 nitrogen and oxygen atoms in total. The van der Waals surface area contributed by atoms with Crippen molar-refractivity contribution in [3.63, 3.8) is 0 Å². The van der Waals surface area contributed by atoms with Crippen molar-refractivity contribution < 1.29 is 4.52 Å². The van der Waals surface area contributed by atoms with E-state index in [4.69, 9.17) is 4.52 Å². The van der Waals surface area contributed by atoms with E-state index in [1.165, 1.54) is 25.5 Å². The summed E-state index contributed by atoms with van der Waals surface area (Å²) in [6, 6.07) is 9.92. The molecule has 110 valence electrons. The fourth-order valence-electron chi connectivity index (χ4n) is 2.37. The van der Waals surface area contributed by atoms with E-state index in [2.05, 4.69) is 25.4 Å². The SMILES string of the molecule is c1cc(-c2ccon2)nc(-c2ccnc(NC3CCC3)n2)c1. The average Bonchev–Trinajstić information content (AvgIpc) is 3.06. The number of pyridine rings is 1. The van der Waals surface area contributed by atoms with Crippen LogP contribution < -0.4 is 5.32 Å². The number of anilines is 1. The van der Waals surface area contributed by atoms with E-state index in [-0.39, 0.29) is 0 Å². The van der Waals surface area contributed by atoms with Gasteiger partial charge < -0.3 is 9.84 Å². The van der Waals surface area contributed by atoms with Crippen LogP contribution in [0.15, 0.2) is 47.3 Å². The Hall–Kier alpha value is -2.76. The lowest BCUT2D eigenvalue weighted by Gasteiger charge is -2.26. The zero-order valence-electron chi connectivity index (χ0n) is 11.9. The van der Waals surface area contributed by atoms with Crippen molar-refractivity contribution in [3.05, 3.63) is 42.8 Å². The highest BCUT2D eigenvalue weighted by Crippen LogP contribution is 2.23. The molecule has 6 heteroatoms. The number of hydrogen-bond acceptors (Lipinski definition) is 6. The summed E-state index contributed by atoms with van der Waals surface area (Å²) in [6.07, 6.45) is 6.95. The van der Waals surface area contributed by atoms with Gasteiger partial charge in [0.05, 0.1) is 17.1 Å². The van der Waals surface area contributed by atoms with Gasteiger partial charge in [-0.2, -0.15) is 0 Å². The second-order valence-electron chi connectivity index (χ2n) is 5.33. The average molecular weight is 293 g/mol. The summed E-state index contributed by atoms with van der Waals surface area (Å²) < 4.78 is 4.87. The van der Waals surface area contributed by atoms with Crippen molar-refractivity contribution >= 4 is 5.95 Å². The highest BCUT2D eigenvalue weighted by atomic mass is 16.5. The quantitative estimate of drug-likeness (QED) is 0.796. The zero-order chi connectivity index (χ0) is 14.8. The van der Waals surface area contributed by atoms with E-state index in [0.717, 1.165) is 17.1 Å². The van der Waals surface area contributed by atoms with Gasteiger partial charge in [0.25, 0.3) is 0 Å². The Morgan fingerprint density at radius 2 is 1.77 bits per heavy atom. The summed E-state index contributed by atoms with van der Waals surface area (Å²) >= 11 is 0. The van der Waals surface area contributed by atoms with Crippen molar-refractivity contribution in [2.75, 3.05) is 5.32 Å². The molecule has 0 spiro atoms. The molecule has 0 unspecified atom stereocenters. The fourth-order valence-corrected chi connectivity index (χ4v) is 2.37. The largest absolute Gasteiger partial charge is 0.364 e. The third-order valence-electron chi connectivity index (χ3n) is 3.81. The molecule has 3 aromatic rings. The van der Waals surface area contributed by atoms with E-state index in [9.17, 15) is 0 Å². The normalized spacial score (nSPS) is 14.5. The van der Waals surface area contributed by atoms with Gasteiger partial charge in [-0.3, -0.25) is 0 Å². The van der Waals surface area contributed by atoms with Crippen LogP contribution in [0.3, 0.4) is 0 Å². The van der Waals surface area contributed by atoms with Crippen molar-refractivity contribution in [3.8, 4) is 22.8 Å². The lowest BCUT2D eigenvalue weighted by atomic mass is 9.93. The second kappa shape index (κ2) is 5.55. The minimum Gasteiger partial charge on any atom is -0.364 e. The lowest BCUT2D eigenvalue weighted by molar-refractivity contribution is 0.422. The third kappa shape index (κ3) is 2.55. The third-order valence-corrected chi connectivity index (χ3v) is 3.81. The second-order valence-corrected chi connectivity index (χ2v) is 5.33. The molecule has 0 amide bonds. The maximum Gasteiger partial charge on any atom is 0.223 e. The molecule has 0 aliphatic heterocycles. The summed E-state index contributed by atoms with van der Waals surface area (Å²) in [7, 11) is 0. The minimum atomic E-state index is 0.504. The highest BCUT2D eigenvalue weighted by molar-refractivity contribution is 5.61. The smallest absolute Gasteiger partial charge is 0.223 e. The number of rotatable bonds is 4. The first-order valence-corrected chi connectivity index (χ1v) is 7.36. The highest BCUT2D eigenvalue weighted by Gasteiger charge is 2.18. The van der Waals surface area contributed by atoms with Crippen LogP contribution in [-0.4, -0.2) is 26.2 Å². The Kier molecular flexibility index (Phi) is 3.27. The first-order chi connectivity index (χ1) is 10.9. The fraction of sp³-hybridized carbons (Fsp3) is 0.250. The molecule has 1 aliphatic carbocycles. The van der Waals surface area contributed by atoms with Crippen molar-refractivity contribution in [1.29, 1.82) is 0 Å². The van der Waals surface area contributed by atoms with Gasteiger partial charge in [-0.05, 0) is 37.5 Å². The van der Waals surface area contributed by atoms with Crippen LogP contribution in [0.1, 0.15) is 19.3 Å². The summed E-state index contributed by atoms with van der Waals surface area (Å²) in [5.74, 6) is 0.663. The maximum absolute atomic E-state index is 4.87. The van der Waals surface area contributed by atoms with Gasteiger partial charge in [0.15, 0.2) is 0 Å². The Bertz CT molecular complexity index is 768. The molecule has 3 aromatic heterocycles. The summed E-state index contributed by atoms with van der Waals surface area (Å²) in [4.78, 5) is 13.4. The van der Waals surface area contributed by atoms with E-state index >= 15 is 0 Å². The molecular formula is C16H15N5O.